The molecule has 3 rings (SSSR count). The van der Waals surface area contributed by atoms with E-state index in [0.717, 1.165) is 11.1 Å². The highest BCUT2D eigenvalue weighted by Gasteiger charge is 2.40. The molecule has 0 spiro atoms. The maximum Gasteiger partial charge on any atom is 0.414 e. The molecule has 34 heavy (non-hydrogen) atoms. The minimum absolute atomic E-state index is 0.0959. The Morgan fingerprint density at radius 1 is 1.09 bits per heavy atom. The number of halogens is 1. The number of amides is 2. The van der Waals surface area contributed by atoms with Crippen LogP contribution >= 0.6 is 11.6 Å². The van der Waals surface area contributed by atoms with Crippen molar-refractivity contribution in [3.05, 3.63) is 53.6 Å². The second-order valence-corrected chi connectivity index (χ2v) is 8.23. The molecule has 0 saturated heterocycles. The molecular formula is C25H31ClN2O6. The van der Waals surface area contributed by atoms with Crippen LogP contribution in [0.15, 0.2) is 42.5 Å². The summed E-state index contributed by atoms with van der Waals surface area (Å²) in [5, 5.41) is 0. The molecule has 2 atom stereocenters. The second kappa shape index (κ2) is 11.8. The average molecular weight is 491 g/mol. The van der Waals surface area contributed by atoms with Gasteiger partial charge in [-0.1, -0.05) is 30.3 Å². The van der Waals surface area contributed by atoms with Gasteiger partial charge in [0.1, 0.15) is 6.61 Å². The summed E-state index contributed by atoms with van der Waals surface area (Å²) in [5.41, 5.74) is 2.29. The van der Waals surface area contributed by atoms with Crippen LogP contribution in [0.5, 0.6) is 11.5 Å². The van der Waals surface area contributed by atoms with E-state index in [2.05, 4.69) is 0 Å². The van der Waals surface area contributed by atoms with E-state index >= 15 is 0 Å². The van der Waals surface area contributed by atoms with Crippen LogP contribution in [0.25, 0.3) is 0 Å². The van der Waals surface area contributed by atoms with Crippen LogP contribution in [0.3, 0.4) is 0 Å². The van der Waals surface area contributed by atoms with Crippen molar-refractivity contribution in [3.63, 3.8) is 0 Å². The molecule has 8 nitrogen and oxygen atoms in total. The summed E-state index contributed by atoms with van der Waals surface area (Å²) in [6, 6.07) is 12.6. The number of hydrogen-bond acceptors (Lipinski definition) is 6. The molecule has 2 aromatic rings. The Balaban J connectivity index is 2.12. The summed E-state index contributed by atoms with van der Waals surface area (Å²) in [6.07, 6.45) is -0.460. The number of nitrogens with zero attached hydrogens (tertiary/aromatic N) is 2. The van der Waals surface area contributed by atoms with E-state index in [1.807, 2.05) is 43.3 Å². The van der Waals surface area contributed by atoms with E-state index in [4.69, 9.17) is 30.5 Å². The zero-order valence-electron chi connectivity index (χ0n) is 20.0. The van der Waals surface area contributed by atoms with E-state index in [1.165, 1.54) is 7.11 Å². The van der Waals surface area contributed by atoms with Crippen molar-refractivity contribution in [3.8, 4) is 11.5 Å². The minimum Gasteiger partial charge on any atom is -0.493 e. The number of rotatable bonds is 8. The largest absolute Gasteiger partial charge is 0.493 e. The van der Waals surface area contributed by atoms with Gasteiger partial charge in [-0.15, -0.1) is 11.6 Å². The minimum atomic E-state index is -0.509. The number of fused-ring (bicyclic) bond motifs is 1. The number of alkyl halides is 1. The molecule has 1 aliphatic heterocycles. The van der Waals surface area contributed by atoms with Crippen LogP contribution in [0.2, 0.25) is 0 Å². The van der Waals surface area contributed by atoms with E-state index < -0.39 is 12.2 Å². The summed E-state index contributed by atoms with van der Waals surface area (Å²) in [4.78, 5) is 29.4. The molecular weight excluding hydrogens is 460 g/mol. The fraction of sp³-hybridized carbons (Fsp3) is 0.440. The molecule has 184 valence electrons. The van der Waals surface area contributed by atoms with Gasteiger partial charge in [0.25, 0.3) is 0 Å². The Kier molecular flexibility index (Phi) is 8.87. The van der Waals surface area contributed by atoms with Crippen molar-refractivity contribution in [2.75, 3.05) is 38.2 Å². The van der Waals surface area contributed by atoms with E-state index in [-0.39, 0.29) is 31.2 Å². The summed E-state index contributed by atoms with van der Waals surface area (Å²) < 4.78 is 21.8. The monoisotopic (exact) mass is 490 g/mol. The Labute approximate surface area is 205 Å². The number of benzene rings is 2. The molecule has 0 bridgehead atoms. The van der Waals surface area contributed by atoms with Gasteiger partial charge < -0.3 is 18.9 Å². The zero-order valence-corrected chi connectivity index (χ0v) is 20.7. The van der Waals surface area contributed by atoms with Crippen LogP contribution in [-0.2, 0) is 16.0 Å². The van der Waals surface area contributed by atoms with Gasteiger partial charge in [-0.2, -0.15) is 0 Å². The number of carbonyl (C=O) groups is 2. The molecule has 2 aromatic carbocycles. The van der Waals surface area contributed by atoms with E-state index in [0.29, 0.717) is 30.2 Å². The van der Waals surface area contributed by atoms with Crippen molar-refractivity contribution in [1.29, 1.82) is 0 Å². The third kappa shape index (κ3) is 5.50. The van der Waals surface area contributed by atoms with Gasteiger partial charge in [-0.05, 0) is 31.9 Å². The lowest BCUT2D eigenvalue weighted by atomic mass is 9.90. The van der Waals surface area contributed by atoms with Gasteiger partial charge in [-0.25, -0.2) is 9.59 Å². The third-order valence-electron chi connectivity index (χ3n) is 5.73. The highest BCUT2D eigenvalue weighted by Crippen LogP contribution is 2.46. The van der Waals surface area contributed by atoms with Gasteiger partial charge in [0.05, 0.1) is 38.4 Å². The van der Waals surface area contributed by atoms with E-state index in [1.54, 1.807) is 29.9 Å². The smallest absolute Gasteiger partial charge is 0.414 e. The van der Waals surface area contributed by atoms with Gasteiger partial charge in [0, 0.05) is 24.2 Å². The van der Waals surface area contributed by atoms with E-state index in [9.17, 15) is 9.59 Å². The molecule has 0 radical (unpaired) electrons. The highest BCUT2D eigenvalue weighted by atomic mass is 35.5. The van der Waals surface area contributed by atoms with Crippen molar-refractivity contribution >= 4 is 29.5 Å². The molecule has 2 amide bonds. The second-order valence-electron chi connectivity index (χ2n) is 7.85. The van der Waals surface area contributed by atoms with Crippen LogP contribution < -0.4 is 14.4 Å². The molecule has 0 N–H and O–H groups in total. The lowest BCUT2D eigenvalue weighted by Gasteiger charge is -2.42. The maximum atomic E-state index is 13.1. The lowest BCUT2D eigenvalue weighted by Crippen LogP contribution is -2.48. The molecule has 2 unspecified atom stereocenters. The van der Waals surface area contributed by atoms with Gasteiger partial charge in [-0.3, -0.25) is 9.80 Å². The van der Waals surface area contributed by atoms with Gasteiger partial charge in [0.2, 0.25) is 0 Å². The first-order chi connectivity index (χ1) is 16.4. The van der Waals surface area contributed by atoms with Gasteiger partial charge in [0.15, 0.2) is 11.5 Å². The number of anilines is 1. The SMILES string of the molecule is CCOC(=O)N(Cc1ccccc1)C1CC(C)N(C(=O)OCCCl)c2cc(OC)c(OC)cc21. The first-order valence-electron chi connectivity index (χ1n) is 11.2. The fourth-order valence-corrected chi connectivity index (χ4v) is 4.29. The maximum absolute atomic E-state index is 13.1. The highest BCUT2D eigenvalue weighted by molar-refractivity contribution is 6.18. The van der Waals surface area contributed by atoms with Crippen LogP contribution in [0.4, 0.5) is 15.3 Å². The van der Waals surface area contributed by atoms with Crippen molar-refractivity contribution in [2.45, 2.75) is 38.9 Å². The normalized spacial score (nSPS) is 16.9. The Bertz CT molecular complexity index is 987. The average Bonchev–Trinajstić information content (AvgIpc) is 2.85. The number of carbonyl (C=O) groups excluding carboxylic acids is 2. The predicted molar refractivity (Wildman–Crippen MR) is 130 cm³/mol. The van der Waals surface area contributed by atoms with Crippen LogP contribution in [-0.4, -0.2) is 56.4 Å². The Morgan fingerprint density at radius 3 is 2.38 bits per heavy atom. The topological polar surface area (TPSA) is 77.5 Å². The standard InChI is InChI=1S/C25H31ClN2O6/c1-5-33-24(29)27(16-18-9-7-6-8-10-18)20-13-17(2)28(25(30)34-12-11-26)21-15-23(32-4)22(31-3)14-19(20)21/h6-10,14-15,17,20H,5,11-13,16H2,1-4H3. The predicted octanol–water partition coefficient (Wildman–Crippen LogP) is 5.38. The molecule has 1 aliphatic rings. The summed E-state index contributed by atoms with van der Waals surface area (Å²) in [5.74, 6) is 1.16. The van der Waals surface area contributed by atoms with Crippen molar-refractivity contribution < 1.29 is 28.5 Å². The Morgan fingerprint density at radius 2 is 1.76 bits per heavy atom. The molecule has 1 heterocycles. The fourth-order valence-electron chi connectivity index (χ4n) is 4.21. The molecule has 0 aliphatic carbocycles. The summed E-state index contributed by atoms with van der Waals surface area (Å²) >= 11 is 5.72. The lowest BCUT2D eigenvalue weighted by molar-refractivity contribution is 0.0809. The van der Waals surface area contributed by atoms with Crippen LogP contribution in [0.1, 0.15) is 37.4 Å². The quantitative estimate of drug-likeness (QED) is 0.462. The third-order valence-corrected chi connectivity index (χ3v) is 5.88. The summed E-state index contributed by atoms with van der Waals surface area (Å²) in [6.45, 7) is 4.39. The molecule has 9 heteroatoms. The zero-order chi connectivity index (χ0) is 24.7. The van der Waals surface area contributed by atoms with Crippen LogP contribution in [0, 0.1) is 0 Å². The number of hydrogen-bond donors (Lipinski definition) is 0. The van der Waals surface area contributed by atoms with Crippen molar-refractivity contribution in [2.24, 2.45) is 0 Å². The molecule has 0 saturated carbocycles. The number of ether oxygens (including phenoxy) is 4. The Hall–Kier alpha value is -3.13. The summed E-state index contributed by atoms with van der Waals surface area (Å²) in [7, 11) is 3.08. The molecule has 0 fully saturated rings. The number of methoxy groups -OCH3 is 2. The first-order valence-corrected chi connectivity index (χ1v) is 11.7. The first kappa shape index (κ1) is 25.5. The van der Waals surface area contributed by atoms with Gasteiger partial charge >= 0.3 is 12.2 Å². The van der Waals surface area contributed by atoms with Crippen molar-refractivity contribution in [1.82, 2.24) is 4.90 Å². The molecule has 0 aromatic heterocycles.